The Bertz CT molecular complexity index is 305. The molecule has 0 aromatic rings. The zero-order valence-electron chi connectivity index (χ0n) is 13.4. The lowest BCUT2D eigenvalue weighted by Gasteiger charge is -2.20. The third-order valence-electron chi connectivity index (χ3n) is 3.31. The summed E-state index contributed by atoms with van der Waals surface area (Å²) in [6, 6.07) is -0.0172. The summed E-state index contributed by atoms with van der Waals surface area (Å²) in [6.45, 7) is 10.4. The average Bonchev–Trinajstić information content (AvgIpc) is 2.35. The molecule has 3 unspecified atom stereocenters. The van der Waals surface area contributed by atoms with Crippen molar-refractivity contribution in [3.8, 4) is 0 Å². The van der Waals surface area contributed by atoms with Crippen molar-refractivity contribution in [2.24, 2.45) is 11.8 Å². The minimum Gasteiger partial charge on any atom is -0.481 e. The van der Waals surface area contributed by atoms with Gasteiger partial charge >= 0.3 is 5.97 Å². The second-order valence-corrected chi connectivity index (χ2v) is 6.10. The third kappa shape index (κ3) is 8.91. The minimum absolute atomic E-state index is 0.0180. The number of carboxylic acids is 1. The molecule has 3 atom stereocenters. The minimum atomic E-state index is -0.743. The zero-order valence-corrected chi connectivity index (χ0v) is 13.4. The fraction of sp³-hybridized carbons (Fsp3) is 0.867. The van der Waals surface area contributed by atoms with E-state index in [0.29, 0.717) is 18.9 Å². The van der Waals surface area contributed by atoms with E-state index in [9.17, 15) is 9.59 Å². The van der Waals surface area contributed by atoms with Gasteiger partial charge in [0, 0.05) is 12.6 Å². The molecule has 0 aliphatic carbocycles. The van der Waals surface area contributed by atoms with Gasteiger partial charge in [-0.25, -0.2) is 0 Å². The summed E-state index contributed by atoms with van der Waals surface area (Å²) in [5.74, 6) is -0.577. The van der Waals surface area contributed by atoms with Gasteiger partial charge in [0.05, 0.1) is 12.0 Å². The van der Waals surface area contributed by atoms with Gasteiger partial charge in [-0.1, -0.05) is 27.2 Å². The molecule has 0 fully saturated rings. The van der Waals surface area contributed by atoms with Crippen LogP contribution >= 0.6 is 0 Å². The van der Waals surface area contributed by atoms with E-state index in [0.717, 1.165) is 12.8 Å². The van der Waals surface area contributed by atoms with Crippen molar-refractivity contribution in [1.29, 1.82) is 0 Å². The molecule has 1 amide bonds. The lowest BCUT2D eigenvalue weighted by molar-refractivity contribution is -0.141. The first-order valence-corrected chi connectivity index (χ1v) is 7.50. The smallest absolute Gasteiger partial charge is 0.306 e. The van der Waals surface area contributed by atoms with E-state index in [1.54, 1.807) is 6.92 Å². The van der Waals surface area contributed by atoms with Crippen molar-refractivity contribution in [2.45, 2.75) is 66.0 Å². The van der Waals surface area contributed by atoms with Crippen LogP contribution in [0.5, 0.6) is 0 Å². The Morgan fingerprint density at radius 2 is 1.65 bits per heavy atom. The zero-order chi connectivity index (χ0) is 15.7. The molecule has 3 N–H and O–H groups in total. The second kappa shape index (κ2) is 9.75. The number of carbonyl (C=O) groups excluding carboxylic acids is 1. The SMILES string of the molecule is CC(C)CNC(=O)C(C)NC(C)CCCC(C)C(=O)O. The molecular formula is C15H30N2O3. The Balaban J connectivity index is 3.86. The van der Waals surface area contributed by atoms with E-state index in [1.165, 1.54) is 0 Å². The summed E-state index contributed by atoms with van der Waals surface area (Å²) >= 11 is 0. The molecule has 0 aliphatic heterocycles. The Kier molecular flexibility index (Phi) is 9.21. The van der Waals surface area contributed by atoms with Crippen LogP contribution in [-0.2, 0) is 9.59 Å². The average molecular weight is 286 g/mol. The largest absolute Gasteiger partial charge is 0.481 e. The molecule has 0 bridgehead atoms. The van der Waals surface area contributed by atoms with Crippen LogP contribution in [0.25, 0.3) is 0 Å². The highest BCUT2D eigenvalue weighted by atomic mass is 16.4. The number of hydrogen-bond acceptors (Lipinski definition) is 3. The van der Waals surface area contributed by atoms with Gasteiger partial charge in [0.15, 0.2) is 0 Å². The van der Waals surface area contributed by atoms with Gasteiger partial charge in [0.25, 0.3) is 0 Å². The van der Waals surface area contributed by atoms with Gasteiger partial charge in [-0.05, 0) is 32.6 Å². The van der Waals surface area contributed by atoms with Crippen LogP contribution < -0.4 is 10.6 Å². The van der Waals surface area contributed by atoms with Crippen LogP contribution in [0, 0.1) is 11.8 Å². The van der Waals surface area contributed by atoms with Crippen LogP contribution in [0.2, 0.25) is 0 Å². The van der Waals surface area contributed by atoms with Crippen LogP contribution in [0.15, 0.2) is 0 Å². The third-order valence-corrected chi connectivity index (χ3v) is 3.31. The number of aliphatic carboxylic acids is 1. The molecule has 5 heteroatoms. The number of rotatable bonds is 10. The Labute approximate surface area is 122 Å². The van der Waals surface area contributed by atoms with E-state index in [4.69, 9.17) is 5.11 Å². The number of carbonyl (C=O) groups is 2. The van der Waals surface area contributed by atoms with Crippen molar-refractivity contribution >= 4 is 11.9 Å². The summed E-state index contributed by atoms with van der Waals surface area (Å²) in [5, 5.41) is 14.9. The standard InChI is InChI=1S/C15H30N2O3/c1-10(2)9-16-14(18)13(5)17-12(4)8-6-7-11(3)15(19)20/h10-13,17H,6-9H2,1-5H3,(H,16,18)(H,19,20). The van der Waals surface area contributed by atoms with Crippen molar-refractivity contribution in [2.75, 3.05) is 6.54 Å². The molecule has 0 heterocycles. The second-order valence-electron chi connectivity index (χ2n) is 6.10. The van der Waals surface area contributed by atoms with Crippen molar-refractivity contribution < 1.29 is 14.7 Å². The molecule has 0 saturated heterocycles. The maximum atomic E-state index is 11.8. The Morgan fingerprint density at radius 1 is 1.05 bits per heavy atom. The molecule has 0 aromatic carbocycles. The van der Waals surface area contributed by atoms with Crippen LogP contribution in [0.3, 0.4) is 0 Å². The van der Waals surface area contributed by atoms with E-state index < -0.39 is 5.97 Å². The maximum absolute atomic E-state index is 11.8. The van der Waals surface area contributed by atoms with Crippen molar-refractivity contribution in [3.05, 3.63) is 0 Å². The lowest BCUT2D eigenvalue weighted by atomic mass is 10.0. The van der Waals surface area contributed by atoms with Gasteiger partial charge in [0.2, 0.25) is 5.91 Å². The quantitative estimate of drug-likeness (QED) is 0.574. The molecule has 0 rings (SSSR count). The molecule has 0 radical (unpaired) electrons. The lowest BCUT2D eigenvalue weighted by Crippen LogP contribution is -2.46. The highest BCUT2D eigenvalue weighted by Crippen LogP contribution is 2.09. The fourth-order valence-electron chi connectivity index (χ4n) is 1.90. The van der Waals surface area contributed by atoms with Gasteiger partial charge in [0.1, 0.15) is 0 Å². The molecule has 0 aliphatic rings. The highest BCUT2D eigenvalue weighted by molar-refractivity contribution is 5.81. The first-order valence-electron chi connectivity index (χ1n) is 7.50. The predicted octanol–water partition coefficient (Wildman–Crippen LogP) is 2.02. The molecule has 20 heavy (non-hydrogen) atoms. The molecule has 0 aromatic heterocycles. The van der Waals surface area contributed by atoms with Gasteiger partial charge in [-0.15, -0.1) is 0 Å². The Morgan fingerprint density at radius 3 is 2.15 bits per heavy atom. The molecule has 5 nitrogen and oxygen atoms in total. The summed E-state index contributed by atoms with van der Waals surface area (Å²) in [5.41, 5.74) is 0. The van der Waals surface area contributed by atoms with Gasteiger partial charge in [-0.3, -0.25) is 9.59 Å². The van der Waals surface area contributed by atoms with E-state index in [1.807, 2.05) is 13.8 Å². The molecule has 0 spiro atoms. The number of carboxylic acid groups (broad SMARTS) is 1. The number of hydrogen-bond donors (Lipinski definition) is 3. The molecular weight excluding hydrogens is 256 g/mol. The topological polar surface area (TPSA) is 78.4 Å². The normalized spacial score (nSPS) is 15.7. The van der Waals surface area contributed by atoms with Crippen LogP contribution in [-0.4, -0.2) is 35.6 Å². The summed E-state index contributed by atoms with van der Waals surface area (Å²) in [7, 11) is 0. The molecule has 0 saturated carbocycles. The number of amides is 1. The fourth-order valence-corrected chi connectivity index (χ4v) is 1.90. The number of nitrogens with one attached hydrogen (secondary N) is 2. The monoisotopic (exact) mass is 286 g/mol. The summed E-state index contributed by atoms with van der Waals surface area (Å²) in [4.78, 5) is 22.5. The van der Waals surface area contributed by atoms with Crippen molar-refractivity contribution in [3.63, 3.8) is 0 Å². The predicted molar refractivity (Wildman–Crippen MR) is 80.6 cm³/mol. The summed E-state index contributed by atoms with van der Waals surface area (Å²) < 4.78 is 0. The van der Waals surface area contributed by atoms with E-state index in [2.05, 4.69) is 24.5 Å². The maximum Gasteiger partial charge on any atom is 0.306 e. The van der Waals surface area contributed by atoms with Crippen LogP contribution in [0.1, 0.15) is 53.9 Å². The van der Waals surface area contributed by atoms with E-state index >= 15 is 0 Å². The Hall–Kier alpha value is -1.10. The van der Waals surface area contributed by atoms with E-state index in [-0.39, 0.29) is 23.9 Å². The van der Waals surface area contributed by atoms with Crippen molar-refractivity contribution in [1.82, 2.24) is 10.6 Å². The molecule has 118 valence electrons. The van der Waals surface area contributed by atoms with Crippen LogP contribution in [0.4, 0.5) is 0 Å². The van der Waals surface area contributed by atoms with Gasteiger partial charge in [-0.2, -0.15) is 0 Å². The summed E-state index contributed by atoms with van der Waals surface area (Å²) in [6.07, 6.45) is 2.40. The van der Waals surface area contributed by atoms with Gasteiger partial charge < -0.3 is 15.7 Å². The first kappa shape index (κ1) is 18.9. The first-order chi connectivity index (χ1) is 9.23. The highest BCUT2D eigenvalue weighted by Gasteiger charge is 2.16.